The zero-order chi connectivity index (χ0) is 15.1. The van der Waals surface area contributed by atoms with E-state index in [2.05, 4.69) is 24.3 Å². The lowest BCUT2D eigenvalue weighted by Gasteiger charge is -2.43. The Bertz CT molecular complexity index is 607. The van der Waals surface area contributed by atoms with Gasteiger partial charge in [-0.3, -0.25) is 4.79 Å². The summed E-state index contributed by atoms with van der Waals surface area (Å²) in [6.45, 7) is 0. The second-order valence-corrected chi connectivity index (χ2v) is 7.35. The van der Waals surface area contributed by atoms with Gasteiger partial charge in [-0.05, 0) is 67.4 Å². The van der Waals surface area contributed by atoms with Crippen molar-refractivity contribution >= 4 is 5.91 Å². The van der Waals surface area contributed by atoms with E-state index in [4.69, 9.17) is 5.73 Å². The zero-order valence-electron chi connectivity index (χ0n) is 13.1. The van der Waals surface area contributed by atoms with Crippen molar-refractivity contribution in [2.24, 2.45) is 29.4 Å². The molecule has 2 fully saturated rings. The fourth-order valence-corrected chi connectivity index (χ4v) is 5.07. The highest BCUT2D eigenvalue weighted by atomic mass is 16.1. The second kappa shape index (κ2) is 5.57. The Morgan fingerprint density at radius 3 is 2.77 bits per heavy atom. The molecule has 0 bridgehead atoms. The summed E-state index contributed by atoms with van der Waals surface area (Å²) in [7, 11) is 0. The Morgan fingerprint density at radius 1 is 1.00 bits per heavy atom. The van der Waals surface area contributed by atoms with Crippen LogP contribution in [0.2, 0.25) is 0 Å². The molecule has 2 heteroatoms. The minimum atomic E-state index is -0.180. The number of nitrogens with two attached hydrogens (primary N) is 1. The van der Waals surface area contributed by atoms with Crippen LogP contribution in [0.3, 0.4) is 0 Å². The fourth-order valence-electron chi connectivity index (χ4n) is 5.07. The van der Waals surface area contributed by atoms with E-state index >= 15 is 0 Å². The molecule has 4 aliphatic carbocycles. The van der Waals surface area contributed by atoms with Gasteiger partial charge in [0.05, 0.1) is 5.92 Å². The molecule has 4 aliphatic rings. The van der Waals surface area contributed by atoms with E-state index < -0.39 is 0 Å². The van der Waals surface area contributed by atoms with Crippen molar-refractivity contribution < 1.29 is 4.79 Å². The number of fused-ring (bicyclic) bond motifs is 5. The first-order chi connectivity index (χ1) is 10.7. The Morgan fingerprint density at radius 2 is 1.91 bits per heavy atom. The van der Waals surface area contributed by atoms with E-state index in [-0.39, 0.29) is 11.8 Å². The molecule has 116 valence electrons. The van der Waals surface area contributed by atoms with Crippen molar-refractivity contribution in [2.75, 3.05) is 0 Å². The number of rotatable bonds is 1. The number of primary amides is 1. The van der Waals surface area contributed by atoms with Crippen molar-refractivity contribution in [3.05, 3.63) is 47.1 Å². The van der Waals surface area contributed by atoms with E-state index in [1.807, 2.05) is 6.08 Å². The molecule has 0 saturated heterocycles. The van der Waals surface area contributed by atoms with Crippen LogP contribution in [0.25, 0.3) is 0 Å². The maximum absolute atomic E-state index is 11.6. The van der Waals surface area contributed by atoms with Crippen molar-refractivity contribution in [1.82, 2.24) is 0 Å². The third kappa shape index (κ3) is 2.29. The van der Waals surface area contributed by atoms with Crippen molar-refractivity contribution in [3.63, 3.8) is 0 Å². The number of hydrogen-bond donors (Lipinski definition) is 1. The van der Waals surface area contributed by atoms with Gasteiger partial charge in [0.25, 0.3) is 0 Å². The molecule has 2 nitrogen and oxygen atoms in total. The molecule has 0 aromatic rings. The molecular formula is C20H25NO. The minimum absolute atomic E-state index is 0.0970. The lowest BCUT2D eigenvalue weighted by Crippen LogP contribution is -2.32. The predicted octanol–water partition coefficient (Wildman–Crippen LogP) is 4.06. The minimum Gasteiger partial charge on any atom is -0.369 e. The number of amides is 1. The highest BCUT2D eigenvalue weighted by molar-refractivity contribution is 5.78. The van der Waals surface area contributed by atoms with E-state index in [0.29, 0.717) is 5.92 Å². The van der Waals surface area contributed by atoms with Crippen LogP contribution in [0, 0.1) is 23.7 Å². The quantitative estimate of drug-likeness (QED) is 0.779. The van der Waals surface area contributed by atoms with Gasteiger partial charge in [-0.1, -0.05) is 42.4 Å². The molecule has 22 heavy (non-hydrogen) atoms. The summed E-state index contributed by atoms with van der Waals surface area (Å²) >= 11 is 0. The smallest absolute Gasteiger partial charge is 0.224 e. The first kappa shape index (κ1) is 14.0. The summed E-state index contributed by atoms with van der Waals surface area (Å²) in [5.41, 5.74) is 10.3. The predicted molar refractivity (Wildman–Crippen MR) is 88.9 cm³/mol. The average Bonchev–Trinajstić information content (AvgIpc) is 2.77. The summed E-state index contributed by atoms with van der Waals surface area (Å²) in [5, 5.41) is 0. The Balaban J connectivity index is 1.65. The molecule has 4 atom stereocenters. The molecular weight excluding hydrogens is 270 g/mol. The van der Waals surface area contributed by atoms with Crippen molar-refractivity contribution in [2.45, 2.75) is 44.9 Å². The highest BCUT2D eigenvalue weighted by Gasteiger charge is 2.39. The SMILES string of the molecule is NC(=O)C1C=CC=C2C3=CC=C4CCCCC4C3CCC2C1. The van der Waals surface area contributed by atoms with Crippen LogP contribution in [0.4, 0.5) is 0 Å². The van der Waals surface area contributed by atoms with Gasteiger partial charge in [0.1, 0.15) is 0 Å². The van der Waals surface area contributed by atoms with Crippen molar-refractivity contribution in [3.8, 4) is 0 Å². The van der Waals surface area contributed by atoms with Gasteiger partial charge in [-0.25, -0.2) is 0 Å². The number of carbonyl (C=O) groups is 1. The number of hydrogen-bond acceptors (Lipinski definition) is 1. The lowest BCUT2D eigenvalue weighted by atomic mass is 9.62. The zero-order valence-corrected chi connectivity index (χ0v) is 13.1. The second-order valence-electron chi connectivity index (χ2n) is 7.35. The van der Waals surface area contributed by atoms with E-state index in [9.17, 15) is 4.79 Å². The van der Waals surface area contributed by atoms with Gasteiger partial charge in [0.15, 0.2) is 0 Å². The van der Waals surface area contributed by atoms with E-state index in [1.54, 1.807) is 11.1 Å². The molecule has 0 aromatic heterocycles. The Hall–Kier alpha value is -1.57. The summed E-state index contributed by atoms with van der Waals surface area (Å²) < 4.78 is 0. The lowest BCUT2D eigenvalue weighted by molar-refractivity contribution is -0.120. The molecule has 2 N–H and O–H groups in total. The van der Waals surface area contributed by atoms with Gasteiger partial charge < -0.3 is 5.73 Å². The third-order valence-electron chi connectivity index (χ3n) is 6.19. The van der Waals surface area contributed by atoms with Gasteiger partial charge in [-0.15, -0.1) is 0 Å². The first-order valence-electron chi connectivity index (χ1n) is 8.82. The van der Waals surface area contributed by atoms with Crippen LogP contribution >= 0.6 is 0 Å². The van der Waals surface area contributed by atoms with Crippen LogP contribution in [-0.4, -0.2) is 5.91 Å². The molecule has 4 unspecified atom stereocenters. The summed E-state index contributed by atoms with van der Waals surface area (Å²) in [5.74, 6) is 1.74. The molecule has 0 radical (unpaired) electrons. The normalized spacial score (nSPS) is 36.8. The van der Waals surface area contributed by atoms with Crippen LogP contribution in [-0.2, 0) is 4.79 Å². The Labute approximate surface area is 132 Å². The third-order valence-corrected chi connectivity index (χ3v) is 6.19. The maximum atomic E-state index is 11.6. The molecule has 0 aromatic carbocycles. The molecule has 0 heterocycles. The van der Waals surface area contributed by atoms with E-state index in [0.717, 1.165) is 18.3 Å². The first-order valence-corrected chi connectivity index (χ1v) is 8.82. The van der Waals surface area contributed by atoms with Gasteiger partial charge in [-0.2, -0.15) is 0 Å². The van der Waals surface area contributed by atoms with Gasteiger partial charge >= 0.3 is 0 Å². The molecule has 0 spiro atoms. The average molecular weight is 295 g/mol. The molecule has 2 saturated carbocycles. The highest BCUT2D eigenvalue weighted by Crippen LogP contribution is 2.51. The largest absolute Gasteiger partial charge is 0.369 e. The molecule has 1 amide bonds. The maximum Gasteiger partial charge on any atom is 0.224 e. The topological polar surface area (TPSA) is 43.1 Å². The van der Waals surface area contributed by atoms with E-state index in [1.165, 1.54) is 44.1 Å². The van der Waals surface area contributed by atoms with Crippen LogP contribution in [0.15, 0.2) is 47.1 Å². The van der Waals surface area contributed by atoms with Gasteiger partial charge in [0.2, 0.25) is 5.91 Å². The standard InChI is InChI=1S/C20H25NO/c21-20(22)15-5-3-7-17-14(12-15)9-11-18-16-6-2-1-4-13(16)8-10-19(17)18/h3,5,7-8,10,14-16,18H,1-2,4,6,9,11-12H2,(H2,21,22). The fraction of sp³-hybridized carbons (Fsp3) is 0.550. The number of allylic oxidation sites excluding steroid dienone is 7. The molecule has 0 aliphatic heterocycles. The van der Waals surface area contributed by atoms with Gasteiger partial charge in [0, 0.05) is 0 Å². The molecule has 4 rings (SSSR count). The number of carbonyl (C=O) groups excluding carboxylic acids is 1. The monoisotopic (exact) mass is 295 g/mol. The van der Waals surface area contributed by atoms with Crippen LogP contribution in [0.1, 0.15) is 44.9 Å². The van der Waals surface area contributed by atoms with Crippen molar-refractivity contribution in [1.29, 1.82) is 0 Å². The summed E-state index contributed by atoms with van der Waals surface area (Å²) in [6.07, 6.45) is 19.9. The van der Waals surface area contributed by atoms with Crippen LogP contribution in [0.5, 0.6) is 0 Å². The summed E-state index contributed by atoms with van der Waals surface area (Å²) in [6, 6.07) is 0. The Kier molecular flexibility index (Phi) is 3.56. The van der Waals surface area contributed by atoms with Crippen LogP contribution < -0.4 is 5.73 Å². The summed E-state index contributed by atoms with van der Waals surface area (Å²) in [4.78, 5) is 11.6.